The molecule has 0 atom stereocenters. The second-order valence-electron chi connectivity index (χ2n) is 6.39. The van der Waals surface area contributed by atoms with Gasteiger partial charge in [-0.05, 0) is 62.1 Å². The van der Waals surface area contributed by atoms with Crippen LogP contribution in [0.1, 0.15) is 47.3 Å². The Kier molecular flexibility index (Phi) is 4.60. The molecule has 1 amide bonds. The first-order valence-electron chi connectivity index (χ1n) is 8.22. The predicted molar refractivity (Wildman–Crippen MR) is 93.2 cm³/mol. The van der Waals surface area contributed by atoms with Gasteiger partial charge in [0.15, 0.2) is 0 Å². The van der Waals surface area contributed by atoms with Crippen molar-refractivity contribution in [2.75, 3.05) is 5.32 Å². The Morgan fingerprint density at radius 1 is 1.04 bits per heavy atom. The summed E-state index contributed by atoms with van der Waals surface area (Å²) in [6.45, 7) is 4.15. The molecule has 1 aliphatic rings. The summed E-state index contributed by atoms with van der Waals surface area (Å²) in [5, 5.41) is 6.39. The minimum absolute atomic E-state index is 0.0742. The first-order valence-corrected chi connectivity index (χ1v) is 8.22. The van der Waals surface area contributed by atoms with Gasteiger partial charge in [-0.15, -0.1) is 0 Å². The topological polar surface area (TPSA) is 54.0 Å². The van der Waals surface area contributed by atoms with Gasteiger partial charge >= 0.3 is 0 Å². The number of benzene rings is 1. The van der Waals surface area contributed by atoms with E-state index >= 15 is 0 Å². The highest BCUT2D eigenvalue weighted by Gasteiger charge is 2.18. The van der Waals surface area contributed by atoms with Crippen LogP contribution in [0.5, 0.6) is 0 Å². The number of nitrogens with zero attached hydrogens (tertiary/aromatic N) is 1. The number of carbonyl (C=O) groups is 1. The standard InChI is InChI=1S/C19H23N3O/c1-13-9-14(2)11-17(10-13)21-16-7-8-18(20-12-16)19(23)22-15-5-3-4-6-15/h7-12,15,21H,3-6H2,1-2H3,(H,22,23). The van der Waals surface area contributed by atoms with Gasteiger partial charge in [0.2, 0.25) is 0 Å². The van der Waals surface area contributed by atoms with Crippen molar-refractivity contribution in [2.45, 2.75) is 45.6 Å². The number of amides is 1. The summed E-state index contributed by atoms with van der Waals surface area (Å²) in [6, 6.07) is 10.3. The molecule has 2 aromatic rings. The number of carbonyl (C=O) groups excluding carboxylic acids is 1. The lowest BCUT2D eigenvalue weighted by Gasteiger charge is -2.12. The quantitative estimate of drug-likeness (QED) is 0.893. The molecule has 1 heterocycles. The highest BCUT2D eigenvalue weighted by molar-refractivity contribution is 5.92. The van der Waals surface area contributed by atoms with Crippen LogP contribution in [0.2, 0.25) is 0 Å². The van der Waals surface area contributed by atoms with E-state index in [1.807, 2.05) is 6.07 Å². The van der Waals surface area contributed by atoms with Crippen LogP contribution in [-0.4, -0.2) is 16.9 Å². The zero-order chi connectivity index (χ0) is 16.2. The molecule has 1 saturated carbocycles. The molecule has 4 heteroatoms. The minimum Gasteiger partial charge on any atom is -0.354 e. The first-order chi connectivity index (χ1) is 11.1. The number of aryl methyl sites for hydroxylation is 2. The Hall–Kier alpha value is -2.36. The molecule has 1 aromatic heterocycles. The molecule has 2 N–H and O–H groups in total. The molecule has 3 rings (SSSR count). The van der Waals surface area contributed by atoms with Crippen LogP contribution in [0.25, 0.3) is 0 Å². The van der Waals surface area contributed by atoms with Gasteiger partial charge in [0.1, 0.15) is 5.69 Å². The molecule has 0 aliphatic heterocycles. The monoisotopic (exact) mass is 309 g/mol. The maximum absolute atomic E-state index is 12.2. The molecule has 0 radical (unpaired) electrons. The van der Waals surface area contributed by atoms with Crippen LogP contribution in [-0.2, 0) is 0 Å². The largest absolute Gasteiger partial charge is 0.354 e. The van der Waals surface area contributed by atoms with Gasteiger partial charge in [-0.2, -0.15) is 0 Å². The SMILES string of the molecule is Cc1cc(C)cc(Nc2ccc(C(=O)NC3CCCC3)nc2)c1. The molecular formula is C19H23N3O. The Bertz CT molecular complexity index is 668. The van der Waals surface area contributed by atoms with Crippen LogP contribution in [0.15, 0.2) is 36.5 Å². The van der Waals surface area contributed by atoms with Crippen molar-refractivity contribution in [2.24, 2.45) is 0 Å². The molecule has 120 valence electrons. The molecule has 23 heavy (non-hydrogen) atoms. The Labute approximate surface area is 137 Å². The molecular weight excluding hydrogens is 286 g/mol. The van der Waals surface area contributed by atoms with E-state index in [0.717, 1.165) is 24.2 Å². The van der Waals surface area contributed by atoms with Crippen molar-refractivity contribution in [3.63, 3.8) is 0 Å². The summed E-state index contributed by atoms with van der Waals surface area (Å²) >= 11 is 0. The van der Waals surface area contributed by atoms with Crippen LogP contribution >= 0.6 is 0 Å². The second-order valence-corrected chi connectivity index (χ2v) is 6.39. The minimum atomic E-state index is -0.0742. The van der Waals surface area contributed by atoms with Gasteiger partial charge in [0.05, 0.1) is 11.9 Å². The Morgan fingerprint density at radius 3 is 2.35 bits per heavy atom. The molecule has 0 bridgehead atoms. The lowest BCUT2D eigenvalue weighted by molar-refractivity contribution is 0.0933. The van der Waals surface area contributed by atoms with Crippen molar-refractivity contribution in [1.29, 1.82) is 0 Å². The number of rotatable bonds is 4. The number of aromatic nitrogens is 1. The zero-order valence-corrected chi connectivity index (χ0v) is 13.7. The summed E-state index contributed by atoms with van der Waals surface area (Å²) in [6.07, 6.45) is 6.28. The summed E-state index contributed by atoms with van der Waals surface area (Å²) in [4.78, 5) is 16.5. The van der Waals surface area contributed by atoms with Gasteiger partial charge < -0.3 is 10.6 Å². The Morgan fingerprint density at radius 2 is 1.74 bits per heavy atom. The fourth-order valence-electron chi connectivity index (χ4n) is 3.15. The average molecular weight is 309 g/mol. The Balaban J connectivity index is 1.65. The summed E-state index contributed by atoms with van der Waals surface area (Å²) in [5.41, 5.74) is 4.82. The van der Waals surface area contributed by atoms with Gasteiger partial charge in [-0.1, -0.05) is 18.9 Å². The van der Waals surface area contributed by atoms with E-state index in [2.05, 4.69) is 47.7 Å². The van der Waals surface area contributed by atoms with Crippen molar-refractivity contribution in [3.8, 4) is 0 Å². The lowest BCUT2D eigenvalue weighted by Crippen LogP contribution is -2.33. The summed E-state index contributed by atoms with van der Waals surface area (Å²) < 4.78 is 0. The molecule has 0 saturated heterocycles. The van der Waals surface area contributed by atoms with Crippen LogP contribution in [0.3, 0.4) is 0 Å². The molecule has 1 aromatic carbocycles. The third kappa shape index (κ3) is 4.09. The van der Waals surface area contributed by atoms with E-state index in [0.29, 0.717) is 11.7 Å². The maximum atomic E-state index is 12.2. The molecule has 1 fully saturated rings. The van der Waals surface area contributed by atoms with Crippen LogP contribution in [0.4, 0.5) is 11.4 Å². The zero-order valence-electron chi connectivity index (χ0n) is 13.7. The van der Waals surface area contributed by atoms with Gasteiger partial charge in [0, 0.05) is 11.7 Å². The smallest absolute Gasteiger partial charge is 0.270 e. The highest BCUT2D eigenvalue weighted by Crippen LogP contribution is 2.20. The van der Waals surface area contributed by atoms with E-state index < -0.39 is 0 Å². The molecule has 0 unspecified atom stereocenters. The van der Waals surface area contributed by atoms with Crippen LogP contribution < -0.4 is 10.6 Å². The highest BCUT2D eigenvalue weighted by atomic mass is 16.1. The van der Waals surface area contributed by atoms with E-state index in [1.54, 1.807) is 12.3 Å². The lowest BCUT2D eigenvalue weighted by atomic mass is 10.1. The van der Waals surface area contributed by atoms with Crippen LogP contribution in [0, 0.1) is 13.8 Å². The third-order valence-electron chi connectivity index (χ3n) is 4.20. The fourth-order valence-corrected chi connectivity index (χ4v) is 3.15. The van der Waals surface area contributed by atoms with Crippen molar-refractivity contribution >= 4 is 17.3 Å². The predicted octanol–water partition coefficient (Wildman–Crippen LogP) is 4.11. The maximum Gasteiger partial charge on any atom is 0.270 e. The van der Waals surface area contributed by atoms with Gasteiger partial charge in [-0.3, -0.25) is 4.79 Å². The first kappa shape index (κ1) is 15.5. The summed E-state index contributed by atoms with van der Waals surface area (Å²) in [7, 11) is 0. The van der Waals surface area contributed by atoms with E-state index in [9.17, 15) is 4.79 Å². The number of hydrogen-bond acceptors (Lipinski definition) is 3. The molecule has 0 spiro atoms. The van der Waals surface area contributed by atoms with E-state index in [-0.39, 0.29) is 5.91 Å². The van der Waals surface area contributed by atoms with Crippen molar-refractivity contribution in [1.82, 2.24) is 10.3 Å². The number of hydrogen-bond donors (Lipinski definition) is 2. The average Bonchev–Trinajstić information content (AvgIpc) is 3.00. The normalized spacial score (nSPS) is 14.7. The second kappa shape index (κ2) is 6.82. The molecule has 1 aliphatic carbocycles. The molecule has 4 nitrogen and oxygen atoms in total. The number of anilines is 2. The third-order valence-corrected chi connectivity index (χ3v) is 4.20. The van der Waals surface area contributed by atoms with E-state index in [1.165, 1.54) is 24.0 Å². The number of nitrogens with one attached hydrogen (secondary N) is 2. The van der Waals surface area contributed by atoms with Gasteiger partial charge in [0.25, 0.3) is 5.91 Å². The fraction of sp³-hybridized carbons (Fsp3) is 0.368. The van der Waals surface area contributed by atoms with E-state index in [4.69, 9.17) is 0 Å². The van der Waals surface area contributed by atoms with Crippen molar-refractivity contribution in [3.05, 3.63) is 53.3 Å². The number of pyridine rings is 1. The summed E-state index contributed by atoms with van der Waals surface area (Å²) in [5.74, 6) is -0.0742. The van der Waals surface area contributed by atoms with Gasteiger partial charge in [-0.25, -0.2) is 4.98 Å². The van der Waals surface area contributed by atoms with Crippen molar-refractivity contribution < 1.29 is 4.79 Å².